The van der Waals surface area contributed by atoms with Gasteiger partial charge < -0.3 is 14.4 Å². The molecule has 1 aliphatic heterocycles. The van der Waals surface area contributed by atoms with Gasteiger partial charge in [0, 0.05) is 36.4 Å². The fourth-order valence-corrected chi connectivity index (χ4v) is 4.02. The van der Waals surface area contributed by atoms with Crippen molar-refractivity contribution in [2.24, 2.45) is 0 Å². The van der Waals surface area contributed by atoms with Gasteiger partial charge in [-0.2, -0.15) is 0 Å². The van der Waals surface area contributed by atoms with Crippen molar-refractivity contribution in [2.75, 3.05) is 20.8 Å². The molecule has 1 amide bonds. The van der Waals surface area contributed by atoms with Crippen LogP contribution in [0.3, 0.4) is 0 Å². The summed E-state index contributed by atoms with van der Waals surface area (Å²) in [6, 6.07) is 7.74. The zero-order valence-corrected chi connectivity index (χ0v) is 16.0. The number of nitrogens with zero attached hydrogens (tertiary/aromatic N) is 3. The number of aromatic nitrogens is 2. The van der Waals surface area contributed by atoms with Gasteiger partial charge in [0.2, 0.25) is 0 Å². The van der Waals surface area contributed by atoms with E-state index in [1.54, 1.807) is 26.6 Å². The van der Waals surface area contributed by atoms with Crippen molar-refractivity contribution < 1.29 is 14.3 Å². The molecule has 4 rings (SSSR count). The smallest absolute Gasteiger partial charge is 0.273 e. The first kappa shape index (κ1) is 17.5. The summed E-state index contributed by atoms with van der Waals surface area (Å²) in [7, 11) is 3.25. The van der Waals surface area contributed by atoms with Gasteiger partial charge in [-0.25, -0.2) is 4.98 Å². The summed E-state index contributed by atoms with van der Waals surface area (Å²) in [5, 5.41) is 2.65. The number of benzene rings is 1. The van der Waals surface area contributed by atoms with Crippen molar-refractivity contribution in [1.82, 2.24) is 14.9 Å². The molecule has 0 saturated carbocycles. The Morgan fingerprint density at radius 1 is 1.11 bits per heavy atom. The third kappa shape index (κ3) is 3.38. The molecule has 1 aromatic carbocycles. The molecule has 0 atom stereocenters. The molecule has 3 heterocycles. The van der Waals surface area contributed by atoms with Gasteiger partial charge in [0.1, 0.15) is 10.7 Å². The van der Waals surface area contributed by atoms with Gasteiger partial charge in [-0.15, -0.1) is 11.3 Å². The molecular formula is C20H19N3O3S. The van der Waals surface area contributed by atoms with E-state index in [1.807, 2.05) is 34.5 Å². The molecule has 138 valence electrons. The maximum absolute atomic E-state index is 12.9. The number of hydrogen-bond donors (Lipinski definition) is 0. The number of methoxy groups -OCH3 is 2. The summed E-state index contributed by atoms with van der Waals surface area (Å²) >= 11 is 1.47. The van der Waals surface area contributed by atoms with Crippen LogP contribution in [0.15, 0.2) is 42.0 Å². The number of ether oxygens (including phenoxy) is 2. The maximum atomic E-state index is 12.9. The van der Waals surface area contributed by atoms with Crippen LogP contribution >= 0.6 is 11.3 Å². The largest absolute Gasteiger partial charge is 0.493 e. The Balaban J connectivity index is 1.55. The van der Waals surface area contributed by atoms with Crippen LogP contribution in [0.2, 0.25) is 0 Å². The van der Waals surface area contributed by atoms with Crippen LogP contribution in [0.5, 0.6) is 11.5 Å². The first-order valence-corrected chi connectivity index (χ1v) is 9.46. The number of hydrogen-bond acceptors (Lipinski definition) is 6. The lowest BCUT2D eigenvalue weighted by Crippen LogP contribution is -2.36. The molecule has 2 aromatic heterocycles. The van der Waals surface area contributed by atoms with Crippen LogP contribution in [0, 0.1) is 0 Å². The molecule has 7 heteroatoms. The quantitative estimate of drug-likeness (QED) is 0.693. The first-order chi connectivity index (χ1) is 13.2. The van der Waals surface area contributed by atoms with Crippen molar-refractivity contribution in [1.29, 1.82) is 0 Å². The van der Waals surface area contributed by atoms with Crippen LogP contribution in [0.4, 0.5) is 0 Å². The average molecular weight is 381 g/mol. The van der Waals surface area contributed by atoms with Crippen molar-refractivity contribution in [3.8, 4) is 22.1 Å². The van der Waals surface area contributed by atoms with E-state index in [1.165, 1.54) is 16.9 Å². The van der Waals surface area contributed by atoms with Crippen LogP contribution in [0.25, 0.3) is 10.6 Å². The molecular weight excluding hydrogens is 362 g/mol. The lowest BCUT2D eigenvalue weighted by molar-refractivity contribution is 0.0729. The van der Waals surface area contributed by atoms with Crippen LogP contribution in [-0.4, -0.2) is 41.5 Å². The van der Waals surface area contributed by atoms with Crippen molar-refractivity contribution >= 4 is 17.2 Å². The molecule has 27 heavy (non-hydrogen) atoms. The Bertz CT molecular complexity index is 972. The third-order valence-corrected chi connectivity index (χ3v) is 5.55. The normalized spacial score (nSPS) is 13.2. The zero-order chi connectivity index (χ0) is 18.8. The lowest BCUT2D eigenvalue weighted by atomic mass is 9.98. The van der Waals surface area contributed by atoms with Gasteiger partial charge in [0.05, 0.1) is 14.2 Å². The minimum Gasteiger partial charge on any atom is -0.493 e. The number of carbonyl (C=O) groups is 1. The Kier molecular flexibility index (Phi) is 4.77. The van der Waals surface area contributed by atoms with Crippen LogP contribution in [-0.2, 0) is 13.0 Å². The van der Waals surface area contributed by atoms with Crippen LogP contribution < -0.4 is 9.47 Å². The first-order valence-electron chi connectivity index (χ1n) is 8.58. The second-order valence-corrected chi connectivity index (χ2v) is 7.08. The second-order valence-electron chi connectivity index (χ2n) is 6.23. The van der Waals surface area contributed by atoms with Crippen molar-refractivity contribution in [3.63, 3.8) is 0 Å². The van der Waals surface area contributed by atoms with Gasteiger partial charge in [0.15, 0.2) is 11.5 Å². The molecule has 0 unspecified atom stereocenters. The minimum absolute atomic E-state index is 0.0491. The van der Waals surface area contributed by atoms with Crippen LogP contribution in [0.1, 0.15) is 21.6 Å². The highest BCUT2D eigenvalue weighted by Crippen LogP contribution is 2.33. The molecule has 0 aliphatic carbocycles. The molecule has 0 saturated heterocycles. The molecule has 0 N–H and O–H groups in total. The van der Waals surface area contributed by atoms with Crippen molar-refractivity contribution in [2.45, 2.75) is 13.0 Å². The molecule has 3 aromatic rings. The van der Waals surface area contributed by atoms with Crippen molar-refractivity contribution in [3.05, 3.63) is 58.9 Å². The van der Waals surface area contributed by atoms with E-state index in [2.05, 4.69) is 9.97 Å². The van der Waals surface area contributed by atoms with E-state index in [0.717, 1.165) is 28.3 Å². The lowest BCUT2D eigenvalue weighted by Gasteiger charge is -2.29. The zero-order valence-electron chi connectivity index (χ0n) is 15.1. The van der Waals surface area contributed by atoms with Gasteiger partial charge in [-0.3, -0.25) is 9.78 Å². The Hall–Kier alpha value is -2.93. The van der Waals surface area contributed by atoms with Gasteiger partial charge >= 0.3 is 0 Å². The average Bonchev–Trinajstić information content (AvgIpc) is 3.22. The Morgan fingerprint density at radius 3 is 2.52 bits per heavy atom. The van der Waals surface area contributed by atoms with E-state index in [-0.39, 0.29) is 5.91 Å². The number of pyridine rings is 1. The number of thiazole rings is 1. The molecule has 0 spiro atoms. The summed E-state index contributed by atoms with van der Waals surface area (Å²) in [6.45, 7) is 1.19. The van der Waals surface area contributed by atoms with E-state index in [0.29, 0.717) is 24.5 Å². The molecule has 0 radical (unpaired) electrons. The third-order valence-electron chi connectivity index (χ3n) is 4.66. The standard InChI is InChI=1S/C20H19N3O3S/c1-25-17-9-14-5-8-23(11-15(14)10-18(17)26-2)20(24)16-12-27-19(22-16)13-3-6-21-7-4-13/h3-4,6-7,9-10,12H,5,8,11H2,1-2H3. The highest BCUT2D eigenvalue weighted by Gasteiger charge is 2.25. The number of amides is 1. The molecule has 0 bridgehead atoms. The SMILES string of the molecule is COc1cc2c(cc1OC)CN(C(=O)c1csc(-c3ccncc3)n1)CC2. The second kappa shape index (κ2) is 7.36. The summed E-state index contributed by atoms with van der Waals surface area (Å²) in [5.74, 6) is 1.35. The predicted molar refractivity (Wildman–Crippen MR) is 103 cm³/mol. The Labute approximate surface area is 161 Å². The molecule has 1 aliphatic rings. The Morgan fingerprint density at radius 2 is 1.81 bits per heavy atom. The summed E-state index contributed by atoms with van der Waals surface area (Å²) in [6.07, 6.45) is 4.23. The molecule has 0 fully saturated rings. The fraction of sp³-hybridized carbons (Fsp3) is 0.250. The van der Waals surface area contributed by atoms with Gasteiger partial charge in [-0.1, -0.05) is 0 Å². The fourth-order valence-electron chi connectivity index (χ4n) is 3.22. The number of fused-ring (bicyclic) bond motifs is 1. The maximum Gasteiger partial charge on any atom is 0.273 e. The van der Waals surface area contributed by atoms with E-state index < -0.39 is 0 Å². The highest BCUT2D eigenvalue weighted by molar-refractivity contribution is 7.13. The number of carbonyl (C=O) groups excluding carboxylic acids is 1. The van der Waals surface area contributed by atoms with E-state index in [4.69, 9.17) is 9.47 Å². The molecule has 6 nitrogen and oxygen atoms in total. The monoisotopic (exact) mass is 381 g/mol. The minimum atomic E-state index is -0.0491. The van der Waals surface area contributed by atoms with Gasteiger partial charge in [0.25, 0.3) is 5.91 Å². The summed E-state index contributed by atoms with van der Waals surface area (Å²) < 4.78 is 10.8. The topological polar surface area (TPSA) is 64.6 Å². The predicted octanol–water partition coefficient (Wildman–Crippen LogP) is 3.42. The highest BCUT2D eigenvalue weighted by atomic mass is 32.1. The number of rotatable bonds is 4. The van der Waals surface area contributed by atoms with E-state index >= 15 is 0 Å². The van der Waals surface area contributed by atoms with E-state index in [9.17, 15) is 4.79 Å². The van der Waals surface area contributed by atoms with Gasteiger partial charge in [-0.05, 0) is 41.8 Å². The summed E-state index contributed by atoms with van der Waals surface area (Å²) in [5.41, 5.74) is 3.72. The summed E-state index contributed by atoms with van der Waals surface area (Å²) in [4.78, 5) is 23.3.